The molecule has 0 radical (unpaired) electrons. The smallest absolute Gasteiger partial charge is 0.115 e. The van der Waals surface area contributed by atoms with Crippen LogP contribution in [0.3, 0.4) is 0 Å². The Balaban J connectivity index is 1.81. The molecule has 2 heterocycles. The predicted octanol–water partition coefficient (Wildman–Crippen LogP) is 0.556. The number of nitrogens with zero attached hydrogens (tertiary/aromatic N) is 4. The van der Waals surface area contributed by atoms with Gasteiger partial charge in [0.25, 0.3) is 0 Å². The van der Waals surface area contributed by atoms with E-state index in [-0.39, 0.29) is 0 Å². The number of aromatic nitrogens is 4. The normalized spacial score (nSPS) is 10.1. The quantitative estimate of drug-likeness (QED) is 0.782. The van der Waals surface area contributed by atoms with E-state index in [1.54, 1.807) is 18.6 Å². The lowest BCUT2D eigenvalue weighted by Gasteiger charge is -2.02. The van der Waals surface area contributed by atoms with Gasteiger partial charge in [-0.25, -0.2) is 9.97 Å². The van der Waals surface area contributed by atoms with E-state index in [2.05, 4.69) is 25.5 Å². The third-order valence-electron chi connectivity index (χ3n) is 1.88. The van der Waals surface area contributed by atoms with Crippen LogP contribution >= 0.6 is 0 Å². The van der Waals surface area contributed by atoms with Crippen LogP contribution in [-0.4, -0.2) is 20.2 Å². The van der Waals surface area contributed by atoms with E-state index >= 15 is 0 Å². The average molecular weight is 201 g/mol. The first kappa shape index (κ1) is 9.67. The summed E-state index contributed by atoms with van der Waals surface area (Å²) in [7, 11) is 0. The monoisotopic (exact) mass is 201 g/mol. The number of nitrogens with one attached hydrogen (secondary N) is 1. The van der Waals surface area contributed by atoms with Crippen LogP contribution in [0.15, 0.2) is 37.1 Å². The zero-order chi connectivity index (χ0) is 10.3. The van der Waals surface area contributed by atoms with E-state index in [4.69, 9.17) is 0 Å². The molecule has 0 bridgehead atoms. The third kappa shape index (κ3) is 3.07. The number of hydrogen-bond donors (Lipinski definition) is 1. The SMILES string of the molecule is c1cnnc(CNCc2cncnc2)c1. The van der Waals surface area contributed by atoms with Gasteiger partial charge in [-0.05, 0) is 12.1 Å². The van der Waals surface area contributed by atoms with Crippen molar-refractivity contribution in [2.24, 2.45) is 0 Å². The minimum Gasteiger partial charge on any atom is -0.307 e. The van der Waals surface area contributed by atoms with Crippen molar-refractivity contribution < 1.29 is 0 Å². The highest BCUT2D eigenvalue weighted by atomic mass is 15.1. The Labute approximate surface area is 87.6 Å². The average Bonchev–Trinajstić information content (AvgIpc) is 2.32. The maximum absolute atomic E-state index is 3.97. The Morgan fingerprint density at radius 3 is 2.73 bits per heavy atom. The minimum absolute atomic E-state index is 0.697. The molecule has 5 heteroatoms. The molecular weight excluding hydrogens is 190 g/mol. The van der Waals surface area contributed by atoms with Gasteiger partial charge in [-0.1, -0.05) is 0 Å². The molecule has 2 rings (SSSR count). The zero-order valence-corrected chi connectivity index (χ0v) is 8.17. The van der Waals surface area contributed by atoms with E-state index in [0.29, 0.717) is 6.54 Å². The van der Waals surface area contributed by atoms with Crippen LogP contribution in [0, 0.1) is 0 Å². The van der Waals surface area contributed by atoms with E-state index in [9.17, 15) is 0 Å². The van der Waals surface area contributed by atoms with E-state index in [1.165, 1.54) is 6.33 Å². The van der Waals surface area contributed by atoms with Crippen LogP contribution in [0.4, 0.5) is 0 Å². The van der Waals surface area contributed by atoms with Gasteiger partial charge >= 0.3 is 0 Å². The molecule has 0 aliphatic carbocycles. The second-order valence-corrected chi connectivity index (χ2v) is 3.07. The lowest BCUT2D eigenvalue weighted by atomic mass is 10.3. The molecule has 0 unspecified atom stereocenters. The largest absolute Gasteiger partial charge is 0.307 e. The Morgan fingerprint density at radius 2 is 2.00 bits per heavy atom. The standard InChI is InChI=1S/C10H11N5/c1-2-10(15-14-3-1)7-11-4-9-5-12-8-13-6-9/h1-3,5-6,8,11H,4,7H2. The molecule has 0 saturated carbocycles. The maximum Gasteiger partial charge on any atom is 0.115 e. The second kappa shape index (κ2) is 5.11. The Kier molecular flexibility index (Phi) is 3.30. The summed E-state index contributed by atoms with van der Waals surface area (Å²) in [6.45, 7) is 1.43. The van der Waals surface area contributed by atoms with Crippen molar-refractivity contribution in [3.8, 4) is 0 Å². The van der Waals surface area contributed by atoms with Gasteiger partial charge in [0.2, 0.25) is 0 Å². The van der Waals surface area contributed by atoms with Crippen LogP contribution < -0.4 is 5.32 Å². The molecule has 0 aliphatic heterocycles. The molecule has 0 spiro atoms. The molecule has 5 nitrogen and oxygen atoms in total. The predicted molar refractivity (Wildman–Crippen MR) is 54.6 cm³/mol. The number of rotatable bonds is 4. The molecule has 0 aliphatic rings. The molecule has 76 valence electrons. The van der Waals surface area contributed by atoms with Gasteiger partial charge < -0.3 is 5.32 Å². The molecule has 2 aromatic heterocycles. The molecule has 0 fully saturated rings. The van der Waals surface area contributed by atoms with Crippen LogP contribution in [-0.2, 0) is 13.1 Å². The first-order valence-corrected chi connectivity index (χ1v) is 4.66. The Hall–Kier alpha value is -1.88. The maximum atomic E-state index is 3.97. The summed E-state index contributed by atoms with van der Waals surface area (Å²) < 4.78 is 0. The summed E-state index contributed by atoms with van der Waals surface area (Å²) in [5, 5.41) is 11.0. The Morgan fingerprint density at radius 1 is 1.13 bits per heavy atom. The van der Waals surface area contributed by atoms with E-state index < -0.39 is 0 Å². The van der Waals surface area contributed by atoms with Crippen LogP contribution in [0.5, 0.6) is 0 Å². The topological polar surface area (TPSA) is 63.6 Å². The second-order valence-electron chi connectivity index (χ2n) is 3.07. The molecular formula is C10H11N5. The zero-order valence-electron chi connectivity index (χ0n) is 8.17. The van der Waals surface area contributed by atoms with Crippen molar-refractivity contribution >= 4 is 0 Å². The summed E-state index contributed by atoms with van der Waals surface area (Å²) in [4.78, 5) is 7.86. The molecule has 15 heavy (non-hydrogen) atoms. The van der Waals surface area contributed by atoms with Gasteiger partial charge in [0.05, 0.1) is 5.69 Å². The molecule has 0 amide bonds. The van der Waals surface area contributed by atoms with Crippen molar-refractivity contribution in [1.29, 1.82) is 0 Å². The fourth-order valence-corrected chi connectivity index (χ4v) is 1.18. The van der Waals surface area contributed by atoms with Crippen molar-refractivity contribution in [3.05, 3.63) is 48.3 Å². The van der Waals surface area contributed by atoms with Crippen molar-refractivity contribution in [2.45, 2.75) is 13.1 Å². The first-order valence-electron chi connectivity index (χ1n) is 4.66. The molecule has 0 atom stereocenters. The third-order valence-corrected chi connectivity index (χ3v) is 1.88. The highest BCUT2D eigenvalue weighted by Gasteiger charge is 1.94. The first-order chi connectivity index (χ1) is 7.45. The van der Waals surface area contributed by atoms with Crippen LogP contribution in [0.2, 0.25) is 0 Å². The fourth-order valence-electron chi connectivity index (χ4n) is 1.18. The minimum atomic E-state index is 0.697. The van der Waals surface area contributed by atoms with E-state index in [0.717, 1.165) is 17.8 Å². The van der Waals surface area contributed by atoms with Gasteiger partial charge in [-0.2, -0.15) is 10.2 Å². The van der Waals surface area contributed by atoms with Gasteiger partial charge in [0.15, 0.2) is 0 Å². The molecule has 1 N–H and O–H groups in total. The highest BCUT2D eigenvalue weighted by Crippen LogP contribution is 1.94. The lowest BCUT2D eigenvalue weighted by Crippen LogP contribution is -2.14. The summed E-state index contributed by atoms with van der Waals surface area (Å²) >= 11 is 0. The fraction of sp³-hybridized carbons (Fsp3) is 0.200. The summed E-state index contributed by atoms with van der Waals surface area (Å²) in [5.41, 5.74) is 1.98. The molecule has 0 aromatic carbocycles. The van der Waals surface area contributed by atoms with Crippen LogP contribution in [0.1, 0.15) is 11.3 Å². The summed E-state index contributed by atoms with van der Waals surface area (Å²) in [5.74, 6) is 0. The lowest BCUT2D eigenvalue weighted by molar-refractivity contribution is 0.666. The van der Waals surface area contributed by atoms with Gasteiger partial charge in [0, 0.05) is 37.2 Å². The highest BCUT2D eigenvalue weighted by molar-refractivity contribution is 5.03. The molecule has 2 aromatic rings. The number of hydrogen-bond acceptors (Lipinski definition) is 5. The van der Waals surface area contributed by atoms with Gasteiger partial charge in [0.1, 0.15) is 6.33 Å². The van der Waals surface area contributed by atoms with Crippen LogP contribution in [0.25, 0.3) is 0 Å². The van der Waals surface area contributed by atoms with Crippen molar-refractivity contribution in [3.63, 3.8) is 0 Å². The van der Waals surface area contributed by atoms with Crippen molar-refractivity contribution in [1.82, 2.24) is 25.5 Å². The summed E-state index contributed by atoms with van der Waals surface area (Å²) in [6.07, 6.45) is 6.76. The van der Waals surface area contributed by atoms with E-state index in [1.807, 2.05) is 12.1 Å². The molecule has 0 saturated heterocycles. The summed E-state index contributed by atoms with van der Waals surface area (Å²) in [6, 6.07) is 3.80. The van der Waals surface area contributed by atoms with Gasteiger partial charge in [-0.3, -0.25) is 0 Å². The van der Waals surface area contributed by atoms with Gasteiger partial charge in [-0.15, -0.1) is 0 Å². The van der Waals surface area contributed by atoms with Crippen molar-refractivity contribution in [2.75, 3.05) is 0 Å². The Bertz CT molecular complexity index is 350.